The minimum atomic E-state index is 0.709. The lowest BCUT2D eigenvalue weighted by Gasteiger charge is -2.22. The van der Waals surface area contributed by atoms with Gasteiger partial charge in [0.05, 0.1) is 0 Å². The Bertz CT molecular complexity index is 632. The third-order valence-corrected chi connectivity index (χ3v) is 3.54. The third-order valence-electron chi connectivity index (χ3n) is 3.54. The van der Waals surface area contributed by atoms with Gasteiger partial charge in [0.1, 0.15) is 6.33 Å². The van der Waals surface area contributed by atoms with E-state index in [1.54, 1.807) is 7.05 Å². The quantitative estimate of drug-likeness (QED) is 0.357. The van der Waals surface area contributed by atoms with Gasteiger partial charge < -0.3 is 10.2 Å². The first-order valence-electron chi connectivity index (χ1n) is 7.72. The highest BCUT2D eigenvalue weighted by Gasteiger charge is 2.06. The molecule has 122 valence electrons. The molecular formula is C17H24N6. The number of hydrogen-bond acceptors (Lipinski definition) is 3. The smallest absolute Gasteiger partial charge is 0.193 e. The van der Waals surface area contributed by atoms with Crippen molar-refractivity contribution >= 4 is 5.96 Å². The molecule has 1 aromatic carbocycles. The highest BCUT2D eigenvalue weighted by atomic mass is 15.3. The molecule has 0 saturated heterocycles. The first-order chi connectivity index (χ1) is 11.2. The van der Waals surface area contributed by atoms with Gasteiger partial charge >= 0.3 is 0 Å². The highest BCUT2D eigenvalue weighted by Crippen LogP contribution is 2.15. The van der Waals surface area contributed by atoms with Crippen LogP contribution < -0.4 is 5.32 Å². The maximum absolute atomic E-state index is 4.33. The van der Waals surface area contributed by atoms with E-state index in [2.05, 4.69) is 49.1 Å². The number of nitrogens with zero attached hydrogens (tertiary/aromatic N) is 4. The highest BCUT2D eigenvalue weighted by molar-refractivity contribution is 5.79. The average Bonchev–Trinajstić information content (AvgIpc) is 3.10. The van der Waals surface area contributed by atoms with Gasteiger partial charge in [0.15, 0.2) is 11.8 Å². The van der Waals surface area contributed by atoms with E-state index in [4.69, 9.17) is 0 Å². The fraction of sp³-hybridized carbons (Fsp3) is 0.353. The Kier molecular flexibility index (Phi) is 6.35. The second-order valence-electron chi connectivity index (χ2n) is 5.29. The van der Waals surface area contributed by atoms with Crippen molar-refractivity contribution in [3.05, 3.63) is 48.8 Å². The summed E-state index contributed by atoms with van der Waals surface area (Å²) in [4.78, 5) is 10.6. The van der Waals surface area contributed by atoms with Gasteiger partial charge in [-0.15, -0.1) is 6.58 Å². The SMILES string of the molecule is C=CCCCN(C)C(=NC)NCc1cccc(-c2ncn[nH]2)c1. The molecule has 0 fully saturated rings. The van der Waals surface area contributed by atoms with Crippen molar-refractivity contribution in [3.63, 3.8) is 0 Å². The number of allylic oxidation sites excluding steroid dienone is 1. The van der Waals surface area contributed by atoms with E-state index in [1.807, 2.05) is 25.3 Å². The molecule has 0 bridgehead atoms. The lowest BCUT2D eigenvalue weighted by molar-refractivity contribution is 0.470. The number of unbranched alkanes of at least 4 members (excludes halogenated alkanes) is 1. The van der Waals surface area contributed by atoms with Gasteiger partial charge in [0.2, 0.25) is 0 Å². The number of aromatic nitrogens is 3. The monoisotopic (exact) mass is 312 g/mol. The fourth-order valence-corrected chi connectivity index (χ4v) is 2.32. The summed E-state index contributed by atoms with van der Waals surface area (Å²) >= 11 is 0. The molecule has 1 aromatic heterocycles. The molecule has 23 heavy (non-hydrogen) atoms. The maximum atomic E-state index is 4.33. The van der Waals surface area contributed by atoms with Gasteiger partial charge in [-0.1, -0.05) is 24.3 Å². The lowest BCUT2D eigenvalue weighted by atomic mass is 10.1. The molecule has 0 aliphatic carbocycles. The summed E-state index contributed by atoms with van der Waals surface area (Å²) in [6.45, 7) is 5.41. The number of nitrogens with one attached hydrogen (secondary N) is 2. The fourth-order valence-electron chi connectivity index (χ4n) is 2.32. The van der Waals surface area contributed by atoms with Crippen molar-refractivity contribution in [1.29, 1.82) is 0 Å². The van der Waals surface area contributed by atoms with Crippen LogP contribution in [0.2, 0.25) is 0 Å². The number of aromatic amines is 1. The summed E-state index contributed by atoms with van der Waals surface area (Å²) in [5.74, 6) is 1.66. The Morgan fingerprint density at radius 2 is 2.35 bits per heavy atom. The van der Waals surface area contributed by atoms with Gasteiger partial charge in [-0.05, 0) is 24.5 Å². The maximum Gasteiger partial charge on any atom is 0.193 e. The van der Waals surface area contributed by atoms with Crippen LogP contribution in [-0.2, 0) is 6.54 Å². The Labute approximate surface area is 137 Å². The average molecular weight is 312 g/mol. The Morgan fingerprint density at radius 3 is 3.04 bits per heavy atom. The van der Waals surface area contributed by atoms with Gasteiger partial charge in [0, 0.05) is 32.7 Å². The molecule has 6 heteroatoms. The number of rotatable bonds is 7. The van der Waals surface area contributed by atoms with Crippen molar-refractivity contribution in [2.45, 2.75) is 19.4 Å². The standard InChI is InChI=1S/C17H24N6/c1-4-5-6-10-23(3)17(18-2)19-12-14-8-7-9-15(11-14)16-20-13-21-22-16/h4,7-9,11,13H,1,5-6,10,12H2,2-3H3,(H,18,19)(H,20,21,22). The molecule has 2 N–H and O–H groups in total. The van der Waals surface area contributed by atoms with Gasteiger partial charge in [-0.2, -0.15) is 5.10 Å². The van der Waals surface area contributed by atoms with Crippen LogP contribution >= 0.6 is 0 Å². The van der Waals surface area contributed by atoms with E-state index >= 15 is 0 Å². The van der Waals surface area contributed by atoms with E-state index in [0.717, 1.165) is 36.7 Å². The molecule has 0 saturated carbocycles. The van der Waals surface area contributed by atoms with Crippen molar-refractivity contribution in [1.82, 2.24) is 25.4 Å². The van der Waals surface area contributed by atoms with E-state index in [0.29, 0.717) is 6.54 Å². The van der Waals surface area contributed by atoms with Crippen LogP contribution in [0.15, 0.2) is 48.2 Å². The van der Waals surface area contributed by atoms with E-state index in [-0.39, 0.29) is 0 Å². The number of guanidine groups is 1. The molecule has 2 rings (SSSR count). The minimum Gasteiger partial charge on any atom is -0.352 e. The zero-order chi connectivity index (χ0) is 16.5. The summed E-state index contributed by atoms with van der Waals surface area (Å²) < 4.78 is 0. The molecule has 0 atom stereocenters. The number of benzene rings is 1. The number of aliphatic imine (C=N–C) groups is 1. The molecule has 0 amide bonds. The van der Waals surface area contributed by atoms with Crippen LogP contribution in [0, 0.1) is 0 Å². The van der Waals surface area contributed by atoms with Crippen molar-refractivity contribution in [2.75, 3.05) is 20.6 Å². The molecule has 2 aromatic rings. The Hall–Kier alpha value is -2.63. The zero-order valence-corrected chi connectivity index (χ0v) is 13.8. The van der Waals surface area contributed by atoms with Crippen LogP contribution in [0.3, 0.4) is 0 Å². The van der Waals surface area contributed by atoms with Crippen molar-refractivity contribution < 1.29 is 0 Å². The van der Waals surface area contributed by atoms with Gasteiger partial charge in [-0.25, -0.2) is 4.98 Å². The molecule has 0 aliphatic heterocycles. The normalized spacial score (nSPS) is 11.3. The van der Waals surface area contributed by atoms with Crippen LogP contribution in [0.5, 0.6) is 0 Å². The minimum absolute atomic E-state index is 0.709. The summed E-state index contributed by atoms with van der Waals surface area (Å²) in [5.41, 5.74) is 2.19. The lowest BCUT2D eigenvalue weighted by Crippen LogP contribution is -2.38. The molecule has 0 aliphatic rings. The van der Waals surface area contributed by atoms with Crippen LogP contribution in [0.25, 0.3) is 11.4 Å². The summed E-state index contributed by atoms with van der Waals surface area (Å²) in [6.07, 6.45) is 5.54. The molecule has 0 spiro atoms. The Morgan fingerprint density at radius 1 is 1.48 bits per heavy atom. The van der Waals surface area contributed by atoms with Gasteiger partial charge in [-0.3, -0.25) is 10.1 Å². The topological polar surface area (TPSA) is 69.2 Å². The van der Waals surface area contributed by atoms with Crippen molar-refractivity contribution in [2.24, 2.45) is 4.99 Å². The largest absolute Gasteiger partial charge is 0.352 e. The molecule has 6 nitrogen and oxygen atoms in total. The number of H-pyrrole nitrogens is 1. The van der Waals surface area contributed by atoms with Crippen LogP contribution in [-0.4, -0.2) is 46.7 Å². The van der Waals surface area contributed by atoms with Crippen LogP contribution in [0.4, 0.5) is 0 Å². The predicted octanol–water partition coefficient (Wildman–Crippen LogP) is 2.45. The Balaban J connectivity index is 1.94. The van der Waals surface area contributed by atoms with E-state index < -0.39 is 0 Å². The first kappa shape index (κ1) is 16.7. The first-order valence-corrected chi connectivity index (χ1v) is 7.72. The third kappa shape index (κ3) is 4.95. The second-order valence-corrected chi connectivity index (χ2v) is 5.29. The summed E-state index contributed by atoms with van der Waals surface area (Å²) in [6, 6.07) is 8.21. The van der Waals surface area contributed by atoms with Crippen LogP contribution in [0.1, 0.15) is 18.4 Å². The second kappa shape index (κ2) is 8.73. The van der Waals surface area contributed by atoms with Gasteiger partial charge in [0.25, 0.3) is 0 Å². The number of hydrogen-bond donors (Lipinski definition) is 2. The zero-order valence-electron chi connectivity index (χ0n) is 13.8. The predicted molar refractivity (Wildman–Crippen MR) is 94.1 cm³/mol. The van der Waals surface area contributed by atoms with Crippen molar-refractivity contribution in [3.8, 4) is 11.4 Å². The summed E-state index contributed by atoms with van der Waals surface area (Å²) in [7, 11) is 3.85. The van der Waals surface area contributed by atoms with E-state index in [1.165, 1.54) is 11.9 Å². The molecule has 0 unspecified atom stereocenters. The van der Waals surface area contributed by atoms with E-state index in [9.17, 15) is 0 Å². The summed E-state index contributed by atoms with van der Waals surface area (Å²) in [5, 5.41) is 10.2. The molecular weight excluding hydrogens is 288 g/mol. The molecule has 1 heterocycles. The molecule has 0 radical (unpaired) electrons.